The van der Waals surface area contributed by atoms with Crippen molar-refractivity contribution in [2.45, 2.75) is 37.1 Å². The second-order valence-corrected chi connectivity index (χ2v) is 8.11. The van der Waals surface area contributed by atoms with Crippen molar-refractivity contribution < 1.29 is 22.7 Å². The monoisotopic (exact) mass is 358 g/mol. The molecule has 1 fully saturated rings. The summed E-state index contributed by atoms with van der Waals surface area (Å²) in [5, 5.41) is 8.89. The molecule has 1 aromatic carbocycles. The van der Waals surface area contributed by atoms with Gasteiger partial charge in [0.25, 0.3) is 0 Å². The fourth-order valence-corrected chi connectivity index (χ4v) is 4.82. The van der Waals surface area contributed by atoms with Gasteiger partial charge in [0, 0.05) is 19.1 Å². The van der Waals surface area contributed by atoms with Crippen LogP contribution in [0.3, 0.4) is 0 Å². The van der Waals surface area contributed by atoms with Gasteiger partial charge >= 0.3 is 5.97 Å². The maximum Gasteiger partial charge on any atom is 0.317 e. The summed E-state index contributed by atoms with van der Waals surface area (Å²) >= 11 is 0. The van der Waals surface area contributed by atoms with E-state index in [0.717, 1.165) is 12.5 Å². The molecule has 1 saturated heterocycles. The number of benzene rings is 1. The van der Waals surface area contributed by atoms with Crippen LogP contribution in [-0.4, -0.2) is 61.4 Å². The normalized spacial score (nSPS) is 20.1. The summed E-state index contributed by atoms with van der Waals surface area (Å²) in [6.45, 7) is 2.23. The molecule has 0 aliphatic carbocycles. The number of nitrogens with zero attached hydrogens (tertiary/aromatic N) is 2. The highest BCUT2D eigenvalue weighted by atomic mass is 32.2. The molecule has 1 aromatic rings. The van der Waals surface area contributed by atoms with Crippen molar-refractivity contribution in [2.24, 2.45) is 0 Å². The molecular formula is C16H23FN2O4S. The Kier molecular flexibility index (Phi) is 5.95. The Hall–Kier alpha value is -1.51. The van der Waals surface area contributed by atoms with Crippen LogP contribution in [0.5, 0.6) is 0 Å². The summed E-state index contributed by atoms with van der Waals surface area (Å²) in [5.74, 6) is -1.36. The van der Waals surface area contributed by atoms with E-state index in [0.29, 0.717) is 31.5 Å². The van der Waals surface area contributed by atoms with Gasteiger partial charge in [-0.3, -0.25) is 9.69 Å². The van der Waals surface area contributed by atoms with E-state index in [1.165, 1.54) is 16.4 Å². The van der Waals surface area contributed by atoms with Crippen molar-refractivity contribution >= 4 is 16.0 Å². The van der Waals surface area contributed by atoms with Crippen LogP contribution in [0.25, 0.3) is 0 Å². The SMILES string of the molecule is Cc1cc(F)ccc1S(=O)(=O)N1CCCC(N(C)CC(=O)O)CC1. The fraction of sp³-hybridized carbons (Fsp3) is 0.562. The molecular weight excluding hydrogens is 335 g/mol. The summed E-state index contributed by atoms with van der Waals surface area (Å²) in [6.07, 6.45) is 1.98. The van der Waals surface area contributed by atoms with Crippen LogP contribution in [0.15, 0.2) is 23.1 Å². The smallest absolute Gasteiger partial charge is 0.317 e. The van der Waals surface area contributed by atoms with E-state index >= 15 is 0 Å². The highest BCUT2D eigenvalue weighted by Crippen LogP contribution is 2.24. The standard InChI is InChI=1S/C16H23FN2O4S/c1-12-10-13(17)5-6-15(12)24(22,23)19-8-3-4-14(7-9-19)18(2)11-16(20)21/h5-6,10,14H,3-4,7-9,11H2,1-2H3,(H,20,21). The average Bonchev–Trinajstić information content (AvgIpc) is 2.72. The van der Waals surface area contributed by atoms with Gasteiger partial charge in [0.1, 0.15) is 5.82 Å². The van der Waals surface area contributed by atoms with E-state index in [9.17, 15) is 17.6 Å². The molecule has 0 amide bonds. The molecule has 0 aromatic heterocycles. The minimum atomic E-state index is -3.67. The number of sulfonamides is 1. The third kappa shape index (κ3) is 4.31. The average molecular weight is 358 g/mol. The van der Waals surface area contributed by atoms with E-state index in [1.54, 1.807) is 18.9 Å². The minimum absolute atomic E-state index is 0.0376. The fourth-order valence-electron chi connectivity index (χ4n) is 3.12. The molecule has 1 aliphatic heterocycles. The van der Waals surface area contributed by atoms with E-state index in [2.05, 4.69) is 0 Å². The Labute approximate surface area is 141 Å². The maximum absolute atomic E-state index is 13.2. The summed E-state index contributed by atoms with van der Waals surface area (Å²) < 4.78 is 40.3. The summed E-state index contributed by atoms with van der Waals surface area (Å²) in [5.41, 5.74) is 0.388. The van der Waals surface area contributed by atoms with Gasteiger partial charge in [-0.2, -0.15) is 4.31 Å². The summed E-state index contributed by atoms with van der Waals surface area (Å²) in [6, 6.07) is 3.71. The Bertz CT molecular complexity index is 708. The zero-order valence-electron chi connectivity index (χ0n) is 13.9. The molecule has 0 spiro atoms. The highest BCUT2D eigenvalue weighted by molar-refractivity contribution is 7.89. The van der Waals surface area contributed by atoms with Gasteiger partial charge in [-0.1, -0.05) is 0 Å². The molecule has 24 heavy (non-hydrogen) atoms. The lowest BCUT2D eigenvalue weighted by Gasteiger charge is -2.25. The molecule has 0 bridgehead atoms. The lowest BCUT2D eigenvalue weighted by atomic mass is 10.1. The lowest BCUT2D eigenvalue weighted by Crippen LogP contribution is -2.37. The van der Waals surface area contributed by atoms with Crippen molar-refractivity contribution in [3.05, 3.63) is 29.6 Å². The van der Waals surface area contributed by atoms with Crippen LogP contribution in [0, 0.1) is 12.7 Å². The molecule has 1 aliphatic rings. The first kappa shape index (κ1) is 18.8. The molecule has 8 heteroatoms. The Morgan fingerprint density at radius 3 is 2.71 bits per heavy atom. The van der Waals surface area contributed by atoms with E-state index in [4.69, 9.17) is 5.11 Å². The first-order valence-electron chi connectivity index (χ1n) is 7.90. The Morgan fingerprint density at radius 2 is 2.08 bits per heavy atom. The van der Waals surface area contributed by atoms with E-state index in [1.807, 2.05) is 0 Å². The Balaban J connectivity index is 2.14. The number of carboxylic acid groups (broad SMARTS) is 1. The zero-order chi connectivity index (χ0) is 17.9. The number of aliphatic carboxylic acids is 1. The summed E-state index contributed by atoms with van der Waals surface area (Å²) in [4.78, 5) is 12.7. The number of likely N-dealkylation sites (N-methyl/N-ethyl adjacent to an activating group) is 1. The number of carboxylic acids is 1. The quantitative estimate of drug-likeness (QED) is 0.867. The van der Waals surface area contributed by atoms with Crippen molar-refractivity contribution in [1.29, 1.82) is 0 Å². The predicted molar refractivity (Wildman–Crippen MR) is 87.8 cm³/mol. The van der Waals surface area contributed by atoms with Crippen molar-refractivity contribution in [2.75, 3.05) is 26.7 Å². The first-order valence-corrected chi connectivity index (χ1v) is 9.34. The van der Waals surface area contributed by atoms with Gasteiger partial charge in [-0.25, -0.2) is 12.8 Å². The second kappa shape index (κ2) is 7.58. The van der Waals surface area contributed by atoms with Gasteiger partial charge in [0.05, 0.1) is 11.4 Å². The number of carbonyl (C=O) groups is 1. The molecule has 1 heterocycles. The molecule has 6 nitrogen and oxygen atoms in total. The Morgan fingerprint density at radius 1 is 1.38 bits per heavy atom. The van der Waals surface area contributed by atoms with Gasteiger partial charge in [-0.15, -0.1) is 0 Å². The zero-order valence-corrected chi connectivity index (χ0v) is 14.7. The first-order chi connectivity index (χ1) is 11.2. The third-order valence-corrected chi connectivity index (χ3v) is 6.48. The van der Waals surface area contributed by atoms with Gasteiger partial charge in [0.15, 0.2) is 0 Å². The van der Waals surface area contributed by atoms with E-state index < -0.39 is 21.8 Å². The van der Waals surface area contributed by atoms with Gasteiger partial charge in [0.2, 0.25) is 10.0 Å². The van der Waals surface area contributed by atoms with Crippen molar-refractivity contribution in [3.8, 4) is 0 Å². The van der Waals surface area contributed by atoms with Crippen LogP contribution >= 0.6 is 0 Å². The number of rotatable bonds is 5. The molecule has 134 valence electrons. The van der Waals surface area contributed by atoms with Crippen LogP contribution in [0.2, 0.25) is 0 Å². The third-order valence-electron chi connectivity index (χ3n) is 4.42. The highest BCUT2D eigenvalue weighted by Gasteiger charge is 2.30. The van der Waals surface area contributed by atoms with Crippen LogP contribution in [0.4, 0.5) is 4.39 Å². The number of aryl methyl sites for hydroxylation is 1. The molecule has 0 saturated carbocycles. The summed E-state index contributed by atoms with van der Waals surface area (Å²) in [7, 11) is -1.93. The number of hydrogen-bond acceptors (Lipinski definition) is 4. The topological polar surface area (TPSA) is 77.9 Å². The molecule has 0 radical (unpaired) electrons. The number of halogens is 1. The van der Waals surface area contributed by atoms with E-state index in [-0.39, 0.29) is 17.5 Å². The van der Waals surface area contributed by atoms with Crippen molar-refractivity contribution in [1.82, 2.24) is 9.21 Å². The minimum Gasteiger partial charge on any atom is -0.480 e. The largest absolute Gasteiger partial charge is 0.480 e. The van der Waals surface area contributed by atoms with Crippen LogP contribution in [0.1, 0.15) is 24.8 Å². The van der Waals surface area contributed by atoms with Crippen LogP contribution < -0.4 is 0 Å². The van der Waals surface area contributed by atoms with Gasteiger partial charge in [-0.05, 0) is 57.0 Å². The molecule has 1 atom stereocenters. The van der Waals surface area contributed by atoms with Crippen molar-refractivity contribution in [3.63, 3.8) is 0 Å². The second-order valence-electron chi connectivity index (χ2n) is 6.21. The number of hydrogen-bond donors (Lipinski definition) is 1. The lowest BCUT2D eigenvalue weighted by molar-refractivity contribution is -0.138. The van der Waals surface area contributed by atoms with Crippen LogP contribution in [-0.2, 0) is 14.8 Å². The van der Waals surface area contributed by atoms with Gasteiger partial charge < -0.3 is 5.11 Å². The predicted octanol–water partition coefficient (Wildman–Crippen LogP) is 1.69. The maximum atomic E-state index is 13.2. The molecule has 1 unspecified atom stereocenters. The molecule has 2 rings (SSSR count). The molecule has 1 N–H and O–H groups in total.